The first kappa shape index (κ1) is 12.6. The SMILES string of the molecule is CC(C)(C)n1cc(CNC[C@H]2CCCO2)cn1. The summed E-state index contributed by atoms with van der Waals surface area (Å²) in [6.07, 6.45) is 6.85. The van der Waals surface area contributed by atoms with Gasteiger partial charge in [0.15, 0.2) is 0 Å². The van der Waals surface area contributed by atoms with Crippen LogP contribution in [-0.2, 0) is 16.8 Å². The second kappa shape index (κ2) is 5.19. The fraction of sp³-hybridized carbons (Fsp3) is 0.769. The van der Waals surface area contributed by atoms with Crippen LogP contribution in [0.5, 0.6) is 0 Å². The smallest absolute Gasteiger partial charge is 0.0700 e. The number of rotatable bonds is 4. The van der Waals surface area contributed by atoms with Gasteiger partial charge in [0.1, 0.15) is 0 Å². The van der Waals surface area contributed by atoms with Crippen molar-refractivity contribution in [3.05, 3.63) is 18.0 Å². The zero-order valence-electron chi connectivity index (χ0n) is 11.1. The number of nitrogens with one attached hydrogen (secondary N) is 1. The van der Waals surface area contributed by atoms with Crippen LogP contribution < -0.4 is 5.32 Å². The van der Waals surface area contributed by atoms with Crippen molar-refractivity contribution in [2.24, 2.45) is 0 Å². The molecule has 0 spiro atoms. The first-order chi connectivity index (χ1) is 8.05. The molecule has 1 aliphatic heterocycles. The minimum atomic E-state index is 0.0623. The van der Waals surface area contributed by atoms with Gasteiger partial charge in [-0.25, -0.2) is 0 Å². The van der Waals surface area contributed by atoms with E-state index in [0.29, 0.717) is 6.10 Å². The molecule has 2 rings (SSSR count). The Bertz CT molecular complexity index is 348. The maximum absolute atomic E-state index is 5.57. The summed E-state index contributed by atoms with van der Waals surface area (Å²) in [4.78, 5) is 0. The number of hydrogen-bond donors (Lipinski definition) is 1. The van der Waals surface area contributed by atoms with E-state index in [-0.39, 0.29) is 5.54 Å². The average Bonchev–Trinajstić information content (AvgIpc) is 2.86. The Hall–Kier alpha value is -0.870. The third-order valence-electron chi connectivity index (χ3n) is 3.05. The number of nitrogens with zero attached hydrogens (tertiary/aromatic N) is 2. The van der Waals surface area contributed by atoms with Crippen molar-refractivity contribution in [1.29, 1.82) is 0 Å². The summed E-state index contributed by atoms with van der Waals surface area (Å²) in [6.45, 7) is 9.21. The van der Waals surface area contributed by atoms with Gasteiger partial charge in [-0.05, 0) is 33.6 Å². The zero-order chi connectivity index (χ0) is 12.3. The van der Waals surface area contributed by atoms with Gasteiger partial charge in [0.2, 0.25) is 0 Å². The lowest BCUT2D eigenvalue weighted by atomic mass is 10.1. The van der Waals surface area contributed by atoms with Crippen LogP contribution in [0.1, 0.15) is 39.2 Å². The van der Waals surface area contributed by atoms with E-state index < -0.39 is 0 Å². The van der Waals surface area contributed by atoms with Gasteiger partial charge < -0.3 is 10.1 Å². The predicted octanol–water partition coefficient (Wildman–Crippen LogP) is 1.91. The van der Waals surface area contributed by atoms with Gasteiger partial charge in [-0.3, -0.25) is 4.68 Å². The molecule has 96 valence electrons. The Morgan fingerprint density at radius 2 is 2.35 bits per heavy atom. The molecule has 4 heteroatoms. The third kappa shape index (κ3) is 3.54. The third-order valence-corrected chi connectivity index (χ3v) is 3.05. The van der Waals surface area contributed by atoms with Gasteiger partial charge in [0.05, 0.1) is 17.8 Å². The van der Waals surface area contributed by atoms with Crippen molar-refractivity contribution in [2.75, 3.05) is 13.2 Å². The molecular weight excluding hydrogens is 214 g/mol. The molecule has 0 amide bonds. The highest BCUT2D eigenvalue weighted by atomic mass is 16.5. The lowest BCUT2D eigenvalue weighted by Crippen LogP contribution is -2.25. The van der Waals surface area contributed by atoms with Gasteiger partial charge in [-0.1, -0.05) is 0 Å². The van der Waals surface area contributed by atoms with E-state index in [0.717, 1.165) is 19.7 Å². The maximum atomic E-state index is 5.57. The predicted molar refractivity (Wildman–Crippen MR) is 67.9 cm³/mol. The van der Waals surface area contributed by atoms with Crippen molar-refractivity contribution in [1.82, 2.24) is 15.1 Å². The lowest BCUT2D eigenvalue weighted by Gasteiger charge is -2.18. The van der Waals surface area contributed by atoms with E-state index in [1.54, 1.807) is 0 Å². The topological polar surface area (TPSA) is 39.1 Å². The van der Waals surface area contributed by atoms with Crippen LogP contribution in [0.15, 0.2) is 12.4 Å². The first-order valence-corrected chi connectivity index (χ1v) is 6.42. The Morgan fingerprint density at radius 3 is 2.94 bits per heavy atom. The number of ether oxygens (including phenoxy) is 1. The highest BCUT2D eigenvalue weighted by Gasteiger charge is 2.16. The minimum absolute atomic E-state index is 0.0623. The molecule has 0 unspecified atom stereocenters. The normalized spacial score (nSPS) is 21.0. The Morgan fingerprint density at radius 1 is 1.53 bits per heavy atom. The molecule has 4 nitrogen and oxygen atoms in total. The van der Waals surface area contributed by atoms with Gasteiger partial charge in [0, 0.05) is 31.5 Å². The molecule has 1 N–H and O–H groups in total. The maximum Gasteiger partial charge on any atom is 0.0700 e. The quantitative estimate of drug-likeness (QED) is 0.869. The summed E-state index contributed by atoms with van der Waals surface area (Å²) >= 11 is 0. The van der Waals surface area contributed by atoms with Gasteiger partial charge in [0.25, 0.3) is 0 Å². The van der Waals surface area contributed by atoms with E-state index in [4.69, 9.17) is 4.74 Å². The monoisotopic (exact) mass is 237 g/mol. The molecule has 0 aliphatic carbocycles. The van der Waals surface area contributed by atoms with Gasteiger partial charge in [-0.15, -0.1) is 0 Å². The van der Waals surface area contributed by atoms with Crippen LogP contribution >= 0.6 is 0 Å². The summed E-state index contributed by atoms with van der Waals surface area (Å²) in [5.74, 6) is 0. The van der Waals surface area contributed by atoms with Crippen molar-refractivity contribution < 1.29 is 4.74 Å². The van der Waals surface area contributed by atoms with Crippen LogP contribution in [0.2, 0.25) is 0 Å². The van der Waals surface area contributed by atoms with Crippen LogP contribution in [0.25, 0.3) is 0 Å². The second-order valence-corrected chi connectivity index (χ2v) is 5.73. The lowest BCUT2D eigenvalue weighted by molar-refractivity contribution is 0.110. The fourth-order valence-electron chi connectivity index (χ4n) is 2.00. The van der Waals surface area contributed by atoms with E-state index in [2.05, 4.69) is 37.4 Å². The van der Waals surface area contributed by atoms with E-state index in [9.17, 15) is 0 Å². The summed E-state index contributed by atoms with van der Waals surface area (Å²) in [5, 5.41) is 7.81. The van der Waals surface area contributed by atoms with Crippen LogP contribution in [-0.4, -0.2) is 29.0 Å². The molecule has 0 radical (unpaired) electrons. The molecule has 1 aromatic heterocycles. The minimum Gasteiger partial charge on any atom is -0.377 e. The number of hydrogen-bond acceptors (Lipinski definition) is 3. The van der Waals surface area contributed by atoms with Crippen molar-refractivity contribution in [3.63, 3.8) is 0 Å². The summed E-state index contributed by atoms with van der Waals surface area (Å²) in [7, 11) is 0. The Balaban J connectivity index is 1.77. The zero-order valence-corrected chi connectivity index (χ0v) is 11.1. The van der Waals surface area contributed by atoms with E-state index in [1.165, 1.54) is 18.4 Å². The Kier molecular flexibility index (Phi) is 3.84. The molecular formula is C13H23N3O. The van der Waals surface area contributed by atoms with Crippen LogP contribution in [0.3, 0.4) is 0 Å². The van der Waals surface area contributed by atoms with Crippen LogP contribution in [0, 0.1) is 0 Å². The number of aromatic nitrogens is 2. The van der Waals surface area contributed by atoms with Crippen molar-refractivity contribution in [3.8, 4) is 0 Å². The molecule has 2 heterocycles. The molecule has 17 heavy (non-hydrogen) atoms. The van der Waals surface area contributed by atoms with Gasteiger partial charge >= 0.3 is 0 Å². The first-order valence-electron chi connectivity index (χ1n) is 6.42. The molecule has 1 saturated heterocycles. The average molecular weight is 237 g/mol. The summed E-state index contributed by atoms with van der Waals surface area (Å²) < 4.78 is 7.58. The largest absolute Gasteiger partial charge is 0.377 e. The standard InChI is InChI=1S/C13H23N3O/c1-13(2,3)16-10-11(8-15-16)7-14-9-12-5-4-6-17-12/h8,10,12,14H,4-7,9H2,1-3H3/t12-/m1/s1. The molecule has 1 aliphatic rings. The van der Waals surface area contributed by atoms with E-state index in [1.807, 2.05) is 10.9 Å². The van der Waals surface area contributed by atoms with Gasteiger partial charge in [-0.2, -0.15) is 5.10 Å². The van der Waals surface area contributed by atoms with Crippen molar-refractivity contribution >= 4 is 0 Å². The Labute approximate surface area is 103 Å². The summed E-state index contributed by atoms with van der Waals surface area (Å²) in [5.41, 5.74) is 1.30. The molecule has 1 aromatic rings. The molecule has 1 atom stereocenters. The molecule has 0 saturated carbocycles. The molecule has 1 fully saturated rings. The second-order valence-electron chi connectivity index (χ2n) is 5.73. The highest BCUT2D eigenvalue weighted by Crippen LogP contribution is 2.13. The highest BCUT2D eigenvalue weighted by molar-refractivity contribution is 5.04. The molecule has 0 bridgehead atoms. The van der Waals surface area contributed by atoms with Crippen LogP contribution in [0.4, 0.5) is 0 Å². The fourth-order valence-corrected chi connectivity index (χ4v) is 2.00. The van der Waals surface area contributed by atoms with E-state index >= 15 is 0 Å². The van der Waals surface area contributed by atoms with Crippen molar-refractivity contribution in [2.45, 2.75) is 51.8 Å². The molecule has 0 aromatic carbocycles. The summed E-state index contributed by atoms with van der Waals surface area (Å²) in [6, 6.07) is 0.